The summed E-state index contributed by atoms with van der Waals surface area (Å²) in [4.78, 5) is 12.4. The summed E-state index contributed by atoms with van der Waals surface area (Å²) in [5.41, 5.74) is 0. The lowest BCUT2D eigenvalue weighted by Crippen LogP contribution is -2.39. The fraction of sp³-hybridized carbons (Fsp3) is 0.562. The van der Waals surface area contributed by atoms with Crippen LogP contribution in [0.5, 0.6) is 0 Å². The van der Waals surface area contributed by atoms with E-state index in [-0.39, 0.29) is 12.2 Å². The number of hydrogen-bond acceptors (Lipinski definition) is 4. The number of carbonyl (C=O) groups is 1. The van der Waals surface area contributed by atoms with E-state index in [1.165, 1.54) is 0 Å². The molecular weight excluding hydrogens is 287 g/mol. The van der Waals surface area contributed by atoms with Crippen molar-refractivity contribution in [3.63, 3.8) is 0 Å². The Labute approximate surface area is 127 Å². The lowest BCUT2D eigenvalue weighted by Gasteiger charge is -2.34. The van der Waals surface area contributed by atoms with Crippen LogP contribution in [-0.4, -0.2) is 23.3 Å². The van der Waals surface area contributed by atoms with E-state index in [0.29, 0.717) is 5.30 Å². The van der Waals surface area contributed by atoms with Gasteiger partial charge in [0, 0.05) is 5.30 Å². The minimum absolute atomic E-state index is 0.262. The summed E-state index contributed by atoms with van der Waals surface area (Å²) in [6.07, 6.45) is -0.526. The topological polar surface area (TPSA) is 52.6 Å². The van der Waals surface area contributed by atoms with Crippen LogP contribution in [0.3, 0.4) is 0 Å². The molecular formula is C16H25O4P. The molecule has 0 saturated heterocycles. The third-order valence-electron chi connectivity index (χ3n) is 3.03. The molecule has 0 aromatic heterocycles. The van der Waals surface area contributed by atoms with E-state index >= 15 is 0 Å². The van der Waals surface area contributed by atoms with Crippen molar-refractivity contribution in [1.82, 2.24) is 0 Å². The first-order valence-corrected chi connectivity index (χ1v) is 8.79. The maximum atomic E-state index is 13.5. The molecule has 0 aliphatic rings. The van der Waals surface area contributed by atoms with E-state index in [2.05, 4.69) is 0 Å². The van der Waals surface area contributed by atoms with Crippen molar-refractivity contribution in [2.24, 2.45) is 0 Å². The van der Waals surface area contributed by atoms with Gasteiger partial charge in [-0.25, -0.2) is 0 Å². The summed E-state index contributed by atoms with van der Waals surface area (Å²) in [6, 6.07) is 8.87. The number of carbonyl (C=O) groups excluding carboxylic acids is 1. The molecule has 0 aliphatic carbocycles. The van der Waals surface area contributed by atoms with E-state index in [9.17, 15) is 9.36 Å². The van der Waals surface area contributed by atoms with Gasteiger partial charge in [0.05, 0.1) is 12.2 Å². The zero-order chi connectivity index (χ0) is 16.3. The van der Waals surface area contributed by atoms with Crippen molar-refractivity contribution >= 4 is 18.6 Å². The van der Waals surface area contributed by atoms with Gasteiger partial charge in [-0.15, -0.1) is 0 Å². The second-order valence-electron chi connectivity index (χ2n) is 6.05. The van der Waals surface area contributed by atoms with Crippen LogP contribution in [-0.2, 0) is 18.6 Å². The lowest BCUT2D eigenvalue weighted by molar-refractivity contribution is -0.150. The third kappa shape index (κ3) is 3.96. The molecule has 1 aromatic carbocycles. The Morgan fingerprint density at radius 3 is 2.00 bits per heavy atom. The monoisotopic (exact) mass is 312 g/mol. The van der Waals surface area contributed by atoms with Gasteiger partial charge < -0.3 is 9.26 Å². The van der Waals surface area contributed by atoms with Crippen LogP contribution in [0.4, 0.5) is 0 Å². The van der Waals surface area contributed by atoms with Crippen LogP contribution in [0, 0.1) is 0 Å². The average Bonchev–Trinajstić information content (AvgIpc) is 2.37. The smallest absolute Gasteiger partial charge is 0.321 e. The molecule has 0 amide bonds. The Morgan fingerprint density at radius 1 is 1.05 bits per heavy atom. The molecule has 5 heteroatoms. The third-order valence-corrected chi connectivity index (χ3v) is 6.38. The quantitative estimate of drug-likeness (QED) is 0.593. The predicted octanol–water partition coefficient (Wildman–Crippen LogP) is 3.75. The normalized spacial score (nSPS) is 15.0. The second kappa shape index (κ2) is 6.76. The summed E-state index contributed by atoms with van der Waals surface area (Å²) < 4.78 is 24.6. The molecule has 0 spiro atoms. The molecule has 118 valence electrons. The highest BCUT2D eigenvalue weighted by Gasteiger charge is 2.51. The first kappa shape index (κ1) is 17.9. The highest BCUT2D eigenvalue weighted by atomic mass is 31.2. The first-order valence-electron chi connectivity index (χ1n) is 7.16. The standard InChI is InChI=1S/C16H25O4P/c1-12(2)19-15(17)16(5,6)21(18,20-13(3)4)14-10-8-7-9-11-14/h7-13H,1-6H3. The zero-order valence-corrected chi connectivity index (χ0v) is 14.5. The fourth-order valence-electron chi connectivity index (χ4n) is 1.91. The van der Waals surface area contributed by atoms with E-state index in [0.717, 1.165) is 0 Å². The van der Waals surface area contributed by atoms with Crippen molar-refractivity contribution in [2.75, 3.05) is 0 Å². The van der Waals surface area contributed by atoms with Crippen molar-refractivity contribution in [2.45, 2.75) is 58.9 Å². The van der Waals surface area contributed by atoms with Gasteiger partial charge in [-0.05, 0) is 53.7 Å². The van der Waals surface area contributed by atoms with Gasteiger partial charge in [0.15, 0.2) is 0 Å². The molecule has 1 unspecified atom stereocenters. The molecule has 0 radical (unpaired) electrons. The van der Waals surface area contributed by atoms with Crippen LogP contribution >= 0.6 is 7.37 Å². The molecule has 4 nitrogen and oxygen atoms in total. The molecule has 0 heterocycles. The van der Waals surface area contributed by atoms with Gasteiger partial charge in [0.1, 0.15) is 5.16 Å². The molecule has 1 atom stereocenters. The number of esters is 1. The maximum Gasteiger partial charge on any atom is 0.321 e. The molecule has 0 N–H and O–H groups in total. The minimum Gasteiger partial charge on any atom is -0.462 e. The van der Waals surface area contributed by atoms with E-state index in [1.54, 1.807) is 65.8 Å². The Kier molecular flexibility index (Phi) is 5.77. The summed E-state index contributed by atoms with van der Waals surface area (Å²) in [6.45, 7) is 10.4. The van der Waals surface area contributed by atoms with Crippen molar-refractivity contribution < 1.29 is 18.6 Å². The highest BCUT2D eigenvalue weighted by molar-refractivity contribution is 7.69. The lowest BCUT2D eigenvalue weighted by atomic mass is 10.2. The summed E-state index contributed by atoms with van der Waals surface area (Å²) in [5, 5.41) is -0.715. The average molecular weight is 312 g/mol. The molecule has 0 fully saturated rings. The van der Waals surface area contributed by atoms with Gasteiger partial charge in [-0.3, -0.25) is 9.36 Å². The van der Waals surface area contributed by atoms with Crippen LogP contribution in [0.25, 0.3) is 0 Å². The van der Waals surface area contributed by atoms with Crippen LogP contribution in [0.2, 0.25) is 0 Å². The predicted molar refractivity (Wildman–Crippen MR) is 85.2 cm³/mol. The number of benzene rings is 1. The maximum absolute atomic E-state index is 13.5. The van der Waals surface area contributed by atoms with Crippen molar-refractivity contribution in [3.05, 3.63) is 30.3 Å². The second-order valence-corrected chi connectivity index (χ2v) is 9.00. The Hall–Kier alpha value is -1.12. The van der Waals surface area contributed by atoms with Crippen molar-refractivity contribution in [3.8, 4) is 0 Å². The first-order chi connectivity index (χ1) is 9.61. The Bertz CT molecular complexity index is 520. The van der Waals surface area contributed by atoms with Crippen LogP contribution < -0.4 is 5.30 Å². The van der Waals surface area contributed by atoms with Crippen LogP contribution in [0.15, 0.2) is 30.3 Å². The molecule has 1 rings (SSSR count). The van der Waals surface area contributed by atoms with Gasteiger partial charge in [0.2, 0.25) is 7.37 Å². The van der Waals surface area contributed by atoms with Gasteiger partial charge in [-0.2, -0.15) is 0 Å². The van der Waals surface area contributed by atoms with E-state index < -0.39 is 18.5 Å². The number of hydrogen-bond donors (Lipinski definition) is 0. The Balaban J connectivity index is 3.31. The summed E-state index contributed by atoms with van der Waals surface area (Å²) in [7, 11) is -3.42. The van der Waals surface area contributed by atoms with Gasteiger partial charge >= 0.3 is 5.97 Å². The van der Waals surface area contributed by atoms with Gasteiger partial charge in [-0.1, -0.05) is 18.2 Å². The largest absolute Gasteiger partial charge is 0.462 e. The van der Waals surface area contributed by atoms with Gasteiger partial charge in [0.25, 0.3) is 0 Å². The molecule has 21 heavy (non-hydrogen) atoms. The molecule has 0 saturated carbocycles. The van der Waals surface area contributed by atoms with Crippen LogP contribution in [0.1, 0.15) is 41.5 Å². The SMILES string of the molecule is CC(C)OC(=O)C(C)(C)P(=O)(OC(C)C)c1ccccc1. The summed E-state index contributed by atoms with van der Waals surface area (Å²) >= 11 is 0. The summed E-state index contributed by atoms with van der Waals surface area (Å²) in [5.74, 6) is -0.509. The zero-order valence-electron chi connectivity index (χ0n) is 13.6. The molecule has 0 bridgehead atoms. The highest BCUT2D eigenvalue weighted by Crippen LogP contribution is 2.59. The number of rotatable bonds is 6. The molecule has 1 aromatic rings. The number of ether oxygens (including phenoxy) is 1. The minimum atomic E-state index is -3.42. The molecule has 0 aliphatic heterocycles. The van der Waals surface area contributed by atoms with E-state index in [4.69, 9.17) is 9.26 Å². The Morgan fingerprint density at radius 2 is 1.57 bits per heavy atom. The fourth-order valence-corrected chi connectivity index (χ4v) is 4.40. The van der Waals surface area contributed by atoms with Crippen molar-refractivity contribution in [1.29, 1.82) is 0 Å². The van der Waals surface area contributed by atoms with E-state index in [1.807, 2.05) is 6.07 Å².